The van der Waals surface area contributed by atoms with Crippen LogP contribution in [-0.2, 0) is 9.53 Å². The minimum Gasteiger partial charge on any atom is -0.481 e. The fraction of sp³-hybridized carbons (Fsp3) is 0.917. The maximum atomic E-state index is 10.5. The van der Waals surface area contributed by atoms with E-state index in [-0.39, 0.29) is 12.5 Å². The lowest BCUT2D eigenvalue weighted by Gasteiger charge is -2.30. The third kappa shape index (κ3) is 6.61. The lowest BCUT2D eigenvalue weighted by Crippen LogP contribution is -2.46. The normalized spacial score (nSPS) is 21.1. The van der Waals surface area contributed by atoms with E-state index in [1.165, 1.54) is 0 Å². The molecule has 0 spiro atoms. The number of nitrogens with one attached hydrogen (secondary N) is 1. The van der Waals surface area contributed by atoms with Crippen LogP contribution in [-0.4, -0.2) is 60.9 Å². The number of aliphatic carboxylic acids is 1. The van der Waals surface area contributed by atoms with E-state index in [2.05, 4.69) is 17.1 Å². The molecule has 0 saturated carbocycles. The van der Waals surface area contributed by atoms with E-state index in [0.29, 0.717) is 12.5 Å². The number of ether oxygens (including phenoxy) is 1. The van der Waals surface area contributed by atoms with Crippen molar-refractivity contribution in [3.05, 3.63) is 0 Å². The van der Waals surface area contributed by atoms with E-state index in [9.17, 15) is 4.79 Å². The van der Waals surface area contributed by atoms with Crippen molar-refractivity contribution in [2.45, 2.75) is 38.8 Å². The molecule has 5 heteroatoms. The SMILES string of the molecule is CC(CCC(=O)O)NC(C)CN1CCOCC1. The molecule has 5 nitrogen and oxygen atoms in total. The standard InChI is InChI=1S/C12H24N2O3/c1-10(3-4-12(15)16)13-11(2)9-14-5-7-17-8-6-14/h10-11,13H,3-9H2,1-2H3,(H,15,16). The molecule has 1 saturated heterocycles. The third-order valence-corrected chi connectivity index (χ3v) is 3.00. The molecule has 0 aromatic heterocycles. The molecular formula is C12H24N2O3. The number of rotatable bonds is 7. The van der Waals surface area contributed by atoms with Crippen LogP contribution in [0.4, 0.5) is 0 Å². The predicted molar refractivity (Wildman–Crippen MR) is 66.2 cm³/mol. The zero-order valence-corrected chi connectivity index (χ0v) is 10.8. The molecule has 0 aromatic carbocycles. The van der Waals surface area contributed by atoms with Gasteiger partial charge in [0.25, 0.3) is 0 Å². The van der Waals surface area contributed by atoms with E-state index in [1.54, 1.807) is 0 Å². The summed E-state index contributed by atoms with van der Waals surface area (Å²) in [6, 6.07) is 0.638. The molecule has 0 radical (unpaired) electrons. The van der Waals surface area contributed by atoms with E-state index < -0.39 is 5.97 Å². The van der Waals surface area contributed by atoms with Gasteiger partial charge in [-0.25, -0.2) is 0 Å². The molecule has 17 heavy (non-hydrogen) atoms. The third-order valence-electron chi connectivity index (χ3n) is 3.00. The van der Waals surface area contributed by atoms with E-state index >= 15 is 0 Å². The van der Waals surface area contributed by atoms with E-state index in [1.807, 2.05) is 6.92 Å². The number of carbonyl (C=O) groups is 1. The van der Waals surface area contributed by atoms with Gasteiger partial charge in [-0.1, -0.05) is 0 Å². The first kappa shape index (κ1) is 14.4. The van der Waals surface area contributed by atoms with E-state index in [0.717, 1.165) is 32.8 Å². The van der Waals surface area contributed by atoms with Crippen LogP contribution in [0.5, 0.6) is 0 Å². The first-order valence-corrected chi connectivity index (χ1v) is 6.36. The maximum Gasteiger partial charge on any atom is 0.303 e. The van der Waals surface area contributed by atoms with Gasteiger partial charge in [0.1, 0.15) is 0 Å². The number of nitrogens with zero attached hydrogens (tertiary/aromatic N) is 1. The first-order valence-electron chi connectivity index (χ1n) is 6.36. The summed E-state index contributed by atoms with van der Waals surface area (Å²) >= 11 is 0. The summed E-state index contributed by atoms with van der Waals surface area (Å²) < 4.78 is 5.30. The number of morpholine rings is 1. The Kier molecular flexibility index (Phi) is 6.47. The van der Waals surface area contributed by atoms with Crippen LogP contribution < -0.4 is 5.32 Å². The van der Waals surface area contributed by atoms with Gasteiger partial charge >= 0.3 is 5.97 Å². The number of hydrogen-bond acceptors (Lipinski definition) is 4. The first-order chi connectivity index (χ1) is 8.08. The summed E-state index contributed by atoms with van der Waals surface area (Å²) in [7, 11) is 0. The van der Waals surface area contributed by atoms with Crippen LogP contribution in [0, 0.1) is 0 Å². The van der Waals surface area contributed by atoms with Gasteiger partial charge in [0.05, 0.1) is 13.2 Å². The van der Waals surface area contributed by atoms with Crippen molar-refractivity contribution in [3.63, 3.8) is 0 Å². The summed E-state index contributed by atoms with van der Waals surface area (Å²) in [4.78, 5) is 12.8. The quantitative estimate of drug-likeness (QED) is 0.685. The molecule has 2 unspecified atom stereocenters. The molecule has 1 fully saturated rings. The second-order valence-electron chi connectivity index (χ2n) is 4.81. The summed E-state index contributed by atoms with van der Waals surface area (Å²) in [5.74, 6) is -0.723. The highest BCUT2D eigenvalue weighted by Crippen LogP contribution is 2.02. The molecule has 100 valence electrons. The summed E-state index contributed by atoms with van der Waals surface area (Å²) in [6.45, 7) is 8.82. The van der Waals surface area contributed by atoms with Crippen molar-refractivity contribution in [1.29, 1.82) is 0 Å². The monoisotopic (exact) mass is 244 g/mol. The van der Waals surface area contributed by atoms with Gasteiger partial charge in [-0.3, -0.25) is 9.69 Å². The highest BCUT2D eigenvalue weighted by molar-refractivity contribution is 5.66. The summed E-state index contributed by atoms with van der Waals surface area (Å²) in [5, 5.41) is 12.0. The zero-order chi connectivity index (χ0) is 12.7. The van der Waals surface area contributed by atoms with Gasteiger partial charge in [0, 0.05) is 38.1 Å². The lowest BCUT2D eigenvalue weighted by atomic mass is 10.1. The Morgan fingerprint density at radius 2 is 2.00 bits per heavy atom. The van der Waals surface area contributed by atoms with Gasteiger partial charge < -0.3 is 15.2 Å². The minimum absolute atomic E-state index is 0.235. The molecule has 2 N–H and O–H groups in total. The molecule has 1 rings (SSSR count). The average molecular weight is 244 g/mol. The van der Waals surface area contributed by atoms with Crippen molar-refractivity contribution >= 4 is 5.97 Å². The molecule has 1 aliphatic heterocycles. The molecule has 0 aliphatic carbocycles. The Bertz CT molecular complexity index is 230. The van der Waals surface area contributed by atoms with Crippen LogP contribution in [0.1, 0.15) is 26.7 Å². The molecule has 1 aliphatic rings. The van der Waals surface area contributed by atoms with Gasteiger partial charge in [-0.2, -0.15) is 0 Å². The van der Waals surface area contributed by atoms with Crippen molar-refractivity contribution < 1.29 is 14.6 Å². The molecule has 0 aromatic rings. The average Bonchev–Trinajstić information content (AvgIpc) is 2.27. The fourth-order valence-electron chi connectivity index (χ4n) is 2.13. The van der Waals surface area contributed by atoms with Crippen LogP contribution in [0.25, 0.3) is 0 Å². The Hall–Kier alpha value is -0.650. The number of carboxylic acids is 1. The fourth-order valence-corrected chi connectivity index (χ4v) is 2.13. The summed E-state index contributed by atoms with van der Waals surface area (Å²) in [5.41, 5.74) is 0. The largest absolute Gasteiger partial charge is 0.481 e. The molecule has 1 heterocycles. The van der Waals surface area contributed by atoms with Gasteiger partial charge in [-0.05, 0) is 20.3 Å². The topological polar surface area (TPSA) is 61.8 Å². The Morgan fingerprint density at radius 1 is 1.35 bits per heavy atom. The maximum absolute atomic E-state index is 10.5. The highest BCUT2D eigenvalue weighted by atomic mass is 16.5. The Labute approximate surface area is 103 Å². The summed E-state index contributed by atoms with van der Waals surface area (Å²) in [6.07, 6.45) is 0.918. The molecule has 0 bridgehead atoms. The van der Waals surface area contributed by atoms with Crippen LogP contribution in [0.15, 0.2) is 0 Å². The van der Waals surface area contributed by atoms with Crippen LogP contribution in [0.2, 0.25) is 0 Å². The van der Waals surface area contributed by atoms with Crippen molar-refractivity contribution in [2.24, 2.45) is 0 Å². The van der Waals surface area contributed by atoms with Crippen molar-refractivity contribution in [1.82, 2.24) is 10.2 Å². The second kappa shape index (κ2) is 7.63. The minimum atomic E-state index is -0.723. The number of hydrogen-bond donors (Lipinski definition) is 2. The number of carboxylic acid groups (broad SMARTS) is 1. The van der Waals surface area contributed by atoms with Gasteiger partial charge in [-0.15, -0.1) is 0 Å². The van der Waals surface area contributed by atoms with Gasteiger partial charge in [0.2, 0.25) is 0 Å². The predicted octanol–water partition coefficient (Wildman–Crippen LogP) is 0.550. The molecule has 2 atom stereocenters. The molecular weight excluding hydrogens is 220 g/mol. The van der Waals surface area contributed by atoms with Gasteiger partial charge in [0.15, 0.2) is 0 Å². The zero-order valence-electron chi connectivity index (χ0n) is 10.8. The van der Waals surface area contributed by atoms with Crippen LogP contribution in [0.3, 0.4) is 0 Å². The second-order valence-corrected chi connectivity index (χ2v) is 4.81. The van der Waals surface area contributed by atoms with Crippen LogP contribution >= 0.6 is 0 Å². The Balaban J connectivity index is 2.14. The van der Waals surface area contributed by atoms with Crippen molar-refractivity contribution in [3.8, 4) is 0 Å². The Morgan fingerprint density at radius 3 is 2.59 bits per heavy atom. The van der Waals surface area contributed by atoms with E-state index in [4.69, 9.17) is 9.84 Å². The molecule has 0 amide bonds. The lowest BCUT2D eigenvalue weighted by molar-refractivity contribution is -0.137. The highest BCUT2D eigenvalue weighted by Gasteiger charge is 2.15. The smallest absolute Gasteiger partial charge is 0.303 e. The van der Waals surface area contributed by atoms with Crippen molar-refractivity contribution in [2.75, 3.05) is 32.8 Å².